The lowest BCUT2D eigenvalue weighted by Gasteiger charge is -2.45. The molecular weight excluding hydrogens is 486 g/mol. The highest BCUT2D eigenvalue weighted by atomic mass is 19.4. The number of likely N-dealkylation sites (tertiary alicyclic amines) is 2. The number of carboxylic acids is 2. The van der Waals surface area contributed by atoms with Crippen molar-refractivity contribution in [2.75, 3.05) is 39.9 Å². The average Bonchev–Trinajstić information content (AvgIpc) is 3.46. The summed E-state index contributed by atoms with van der Waals surface area (Å²) in [5, 5.41) is 14.2. The fourth-order valence-electron chi connectivity index (χ4n) is 4.70. The number of ether oxygens (including phenoxy) is 1. The molecule has 7 nitrogen and oxygen atoms in total. The number of nitrogens with zero attached hydrogens (tertiary/aromatic N) is 2. The highest BCUT2D eigenvalue weighted by Gasteiger charge is 2.45. The largest absolute Gasteiger partial charge is 0.490 e. The van der Waals surface area contributed by atoms with Gasteiger partial charge >= 0.3 is 24.3 Å². The number of piperidine rings is 1. The SMILES string of the molecule is CN1CC2(CCN(C3CCC3)CC2)CC1COCC1CC1.O=C(O)C(F)(F)F.O=C(O)C(F)(F)F. The molecule has 0 bridgehead atoms. The molecule has 1 unspecified atom stereocenters. The van der Waals surface area contributed by atoms with Crippen LogP contribution in [0.4, 0.5) is 26.3 Å². The van der Waals surface area contributed by atoms with Crippen molar-refractivity contribution < 1.29 is 50.9 Å². The van der Waals surface area contributed by atoms with Crippen molar-refractivity contribution >= 4 is 11.9 Å². The molecule has 35 heavy (non-hydrogen) atoms. The second-order valence-electron chi connectivity index (χ2n) is 9.98. The Morgan fingerprint density at radius 2 is 1.40 bits per heavy atom. The molecule has 2 aliphatic heterocycles. The van der Waals surface area contributed by atoms with Crippen LogP contribution in [0.2, 0.25) is 0 Å². The molecule has 4 fully saturated rings. The van der Waals surface area contributed by atoms with Gasteiger partial charge in [0, 0.05) is 25.2 Å². The van der Waals surface area contributed by atoms with E-state index in [9.17, 15) is 26.3 Å². The van der Waals surface area contributed by atoms with Crippen LogP contribution in [0, 0.1) is 11.3 Å². The molecule has 0 amide bonds. The molecule has 2 saturated heterocycles. The van der Waals surface area contributed by atoms with Gasteiger partial charge in [0.25, 0.3) is 0 Å². The smallest absolute Gasteiger partial charge is 0.475 e. The van der Waals surface area contributed by atoms with Gasteiger partial charge in [0.1, 0.15) is 0 Å². The van der Waals surface area contributed by atoms with Gasteiger partial charge in [0.2, 0.25) is 0 Å². The lowest BCUT2D eigenvalue weighted by molar-refractivity contribution is -0.193. The van der Waals surface area contributed by atoms with E-state index in [0.717, 1.165) is 25.2 Å². The molecule has 0 radical (unpaired) electrons. The Kier molecular flexibility index (Phi) is 10.2. The van der Waals surface area contributed by atoms with Crippen molar-refractivity contribution in [2.24, 2.45) is 11.3 Å². The van der Waals surface area contributed by atoms with Crippen LogP contribution in [0.3, 0.4) is 0 Å². The molecule has 0 aromatic carbocycles. The maximum absolute atomic E-state index is 10.6. The van der Waals surface area contributed by atoms with E-state index in [1.807, 2.05) is 0 Å². The number of aliphatic carboxylic acids is 2. The van der Waals surface area contributed by atoms with Gasteiger partial charge < -0.3 is 24.7 Å². The molecule has 1 spiro atoms. The topological polar surface area (TPSA) is 90.3 Å². The van der Waals surface area contributed by atoms with Crippen LogP contribution >= 0.6 is 0 Å². The first-order valence-corrected chi connectivity index (χ1v) is 11.8. The number of carbonyl (C=O) groups is 2. The molecule has 2 aliphatic carbocycles. The molecular formula is C22H34F6N2O5. The van der Waals surface area contributed by atoms with Gasteiger partial charge in [-0.3, -0.25) is 0 Å². The minimum atomic E-state index is -5.08. The minimum absolute atomic E-state index is 0.614. The number of alkyl halides is 6. The van der Waals surface area contributed by atoms with E-state index < -0.39 is 24.3 Å². The first-order chi connectivity index (χ1) is 16.1. The third kappa shape index (κ3) is 9.76. The summed E-state index contributed by atoms with van der Waals surface area (Å²) < 4.78 is 69.5. The summed E-state index contributed by atoms with van der Waals surface area (Å²) in [6.45, 7) is 6.01. The number of likely N-dealkylation sites (N-methyl/N-ethyl adjacent to an activating group) is 1. The maximum Gasteiger partial charge on any atom is 0.490 e. The van der Waals surface area contributed by atoms with Gasteiger partial charge in [-0.05, 0) is 76.4 Å². The van der Waals surface area contributed by atoms with Gasteiger partial charge in [-0.1, -0.05) is 6.42 Å². The minimum Gasteiger partial charge on any atom is -0.475 e. The Balaban J connectivity index is 0.000000257. The van der Waals surface area contributed by atoms with E-state index in [0.29, 0.717) is 11.5 Å². The lowest BCUT2D eigenvalue weighted by atomic mass is 9.75. The molecule has 0 aromatic heterocycles. The van der Waals surface area contributed by atoms with Crippen molar-refractivity contribution in [1.29, 1.82) is 0 Å². The predicted molar refractivity (Wildman–Crippen MR) is 113 cm³/mol. The monoisotopic (exact) mass is 520 g/mol. The number of carboxylic acid groups (broad SMARTS) is 2. The normalized spacial score (nSPS) is 25.2. The van der Waals surface area contributed by atoms with E-state index in [4.69, 9.17) is 24.5 Å². The van der Waals surface area contributed by atoms with Crippen molar-refractivity contribution in [3.8, 4) is 0 Å². The van der Waals surface area contributed by atoms with Crippen LogP contribution in [-0.4, -0.2) is 96.3 Å². The quantitative estimate of drug-likeness (QED) is 0.530. The van der Waals surface area contributed by atoms with Crippen LogP contribution in [0.1, 0.15) is 51.4 Å². The summed E-state index contributed by atoms with van der Waals surface area (Å²) in [5.74, 6) is -4.61. The van der Waals surface area contributed by atoms with Crippen molar-refractivity contribution in [3.05, 3.63) is 0 Å². The van der Waals surface area contributed by atoms with Crippen molar-refractivity contribution in [2.45, 2.75) is 75.8 Å². The maximum atomic E-state index is 10.6. The average molecular weight is 521 g/mol. The second kappa shape index (κ2) is 12.1. The Labute approximate surface area is 200 Å². The number of hydrogen-bond donors (Lipinski definition) is 2. The molecule has 4 aliphatic rings. The zero-order valence-electron chi connectivity index (χ0n) is 19.7. The van der Waals surface area contributed by atoms with Crippen LogP contribution in [0.15, 0.2) is 0 Å². The van der Waals surface area contributed by atoms with Gasteiger partial charge in [-0.15, -0.1) is 0 Å². The van der Waals surface area contributed by atoms with Gasteiger partial charge in [-0.2, -0.15) is 26.3 Å². The summed E-state index contributed by atoms with van der Waals surface area (Å²) in [5.41, 5.74) is 0.614. The molecule has 2 saturated carbocycles. The third-order valence-corrected chi connectivity index (χ3v) is 7.17. The van der Waals surface area contributed by atoms with E-state index in [1.54, 1.807) is 0 Å². The molecule has 0 aromatic rings. The zero-order chi connectivity index (χ0) is 26.4. The Morgan fingerprint density at radius 3 is 1.77 bits per heavy atom. The predicted octanol–water partition coefficient (Wildman–Crippen LogP) is 4.02. The highest BCUT2D eigenvalue weighted by molar-refractivity contribution is 5.73. The first kappa shape index (κ1) is 29.6. The standard InChI is InChI=1S/C18H32N2O.2C2HF3O2/c1-19-14-18(11-17(19)13-21-12-15-5-6-15)7-9-20(10-8-18)16-3-2-4-16;2*3-2(4,5)1(6)7/h15-17H,2-14H2,1H3;2*(H,6,7). The highest BCUT2D eigenvalue weighted by Crippen LogP contribution is 2.44. The van der Waals surface area contributed by atoms with E-state index in [-0.39, 0.29) is 0 Å². The fraction of sp³-hybridized carbons (Fsp3) is 0.909. The van der Waals surface area contributed by atoms with Crippen LogP contribution in [0.5, 0.6) is 0 Å². The zero-order valence-corrected chi connectivity index (χ0v) is 19.7. The van der Waals surface area contributed by atoms with Gasteiger partial charge in [0.05, 0.1) is 6.61 Å². The molecule has 2 N–H and O–H groups in total. The molecule has 2 heterocycles. The van der Waals surface area contributed by atoms with Crippen molar-refractivity contribution in [1.82, 2.24) is 9.80 Å². The Hall–Kier alpha value is -1.60. The first-order valence-electron chi connectivity index (χ1n) is 11.8. The third-order valence-electron chi connectivity index (χ3n) is 7.17. The Bertz CT molecular complexity index is 677. The number of hydrogen-bond acceptors (Lipinski definition) is 5. The van der Waals surface area contributed by atoms with Crippen molar-refractivity contribution in [3.63, 3.8) is 0 Å². The summed E-state index contributed by atoms with van der Waals surface area (Å²) in [4.78, 5) is 23.2. The van der Waals surface area contributed by atoms with Crippen LogP contribution in [0.25, 0.3) is 0 Å². The van der Waals surface area contributed by atoms with Crippen LogP contribution in [-0.2, 0) is 14.3 Å². The molecule has 204 valence electrons. The molecule has 1 atom stereocenters. The summed E-state index contributed by atoms with van der Waals surface area (Å²) in [7, 11) is 2.32. The summed E-state index contributed by atoms with van der Waals surface area (Å²) in [6.07, 6.45) is 1.26. The summed E-state index contributed by atoms with van der Waals surface area (Å²) >= 11 is 0. The molecule has 13 heteroatoms. The Morgan fingerprint density at radius 1 is 0.914 bits per heavy atom. The van der Waals surface area contributed by atoms with Gasteiger partial charge in [0.15, 0.2) is 0 Å². The second-order valence-corrected chi connectivity index (χ2v) is 9.98. The number of halogens is 6. The van der Waals surface area contributed by atoms with E-state index in [2.05, 4.69) is 16.8 Å². The molecule has 4 rings (SSSR count). The van der Waals surface area contributed by atoms with E-state index in [1.165, 1.54) is 71.0 Å². The summed E-state index contributed by atoms with van der Waals surface area (Å²) in [6, 6.07) is 1.62. The number of rotatable bonds is 5. The van der Waals surface area contributed by atoms with E-state index >= 15 is 0 Å². The fourth-order valence-corrected chi connectivity index (χ4v) is 4.70. The lowest BCUT2D eigenvalue weighted by Crippen LogP contribution is -2.48. The van der Waals surface area contributed by atoms with Crippen LogP contribution < -0.4 is 0 Å². The van der Waals surface area contributed by atoms with Gasteiger partial charge in [-0.25, -0.2) is 9.59 Å².